The molecule has 0 radical (unpaired) electrons. The van der Waals surface area contributed by atoms with Gasteiger partial charge in [0.15, 0.2) is 0 Å². The van der Waals surface area contributed by atoms with Crippen LogP contribution in [0.4, 0.5) is 5.69 Å². The van der Waals surface area contributed by atoms with Gasteiger partial charge in [0.25, 0.3) is 11.6 Å². The second-order valence-corrected chi connectivity index (χ2v) is 6.60. The van der Waals surface area contributed by atoms with Crippen molar-refractivity contribution in [2.45, 2.75) is 12.5 Å². The van der Waals surface area contributed by atoms with Crippen molar-refractivity contribution in [1.82, 2.24) is 10.3 Å². The Morgan fingerprint density at radius 3 is 2.62 bits per heavy atom. The van der Waals surface area contributed by atoms with Crippen LogP contribution in [0.1, 0.15) is 15.9 Å². The molecule has 1 atom stereocenters. The Morgan fingerprint density at radius 1 is 1.21 bits per heavy atom. The normalized spacial score (nSPS) is 11.8. The van der Waals surface area contributed by atoms with Crippen LogP contribution in [0.5, 0.6) is 0 Å². The van der Waals surface area contributed by atoms with E-state index in [4.69, 9.17) is 11.6 Å². The molecule has 0 aliphatic heterocycles. The molecule has 148 valence electrons. The monoisotopic (exact) mass is 415 g/mol. The third kappa shape index (κ3) is 4.41. The van der Waals surface area contributed by atoms with E-state index in [1.54, 1.807) is 24.3 Å². The fourth-order valence-corrected chi connectivity index (χ4v) is 3.09. The zero-order valence-electron chi connectivity index (χ0n) is 14.7. The highest BCUT2D eigenvalue weighted by atomic mass is 35.5. The number of aromatic amines is 1. The largest absolute Gasteiger partial charge is 0.480 e. The smallest absolute Gasteiger partial charge is 0.326 e. The van der Waals surface area contributed by atoms with Gasteiger partial charge in [0, 0.05) is 35.0 Å². The summed E-state index contributed by atoms with van der Waals surface area (Å²) in [7, 11) is 0. The minimum absolute atomic E-state index is 0.108. The average Bonchev–Trinajstić information content (AvgIpc) is 2.67. The molecule has 10 heteroatoms. The summed E-state index contributed by atoms with van der Waals surface area (Å²) in [6, 6.07) is 10.2. The minimum atomic E-state index is -1.36. The molecule has 2 aromatic carbocycles. The van der Waals surface area contributed by atoms with E-state index >= 15 is 0 Å². The quantitative estimate of drug-likeness (QED) is 0.417. The molecule has 0 aliphatic carbocycles. The Morgan fingerprint density at radius 2 is 1.93 bits per heavy atom. The topological polar surface area (TPSA) is 142 Å². The Bertz CT molecular complexity index is 1190. The number of aromatic nitrogens is 1. The van der Waals surface area contributed by atoms with Crippen LogP contribution in [0, 0.1) is 10.1 Å². The Hall–Kier alpha value is -3.72. The zero-order chi connectivity index (χ0) is 21.1. The molecular formula is C19H14ClN3O6. The first-order valence-corrected chi connectivity index (χ1v) is 8.72. The van der Waals surface area contributed by atoms with Gasteiger partial charge in [0.2, 0.25) is 5.56 Å². The van der Waals surface area contributed by atoms with E-state index in [1.807, 2.05) is 0 Å². The maximum absolute atomic E-state index is 12.5. The SMILES string of the molecule is O=C(NC(Cc1cc(=O)[nH]c2ccccc12)C(=O)O)c1ccc(Cl)c([N+](=O)[O-])c1. The summed E-state index contributed by atoms with van der Waals surface area (Å²) in [5, 5.41) is 23.4. The summed E-state index contributed by atoms with van der Waals surface area (Å²) in [5.74, 6) is -2.13. The van der Waals surface area contributed by atoms with Crippen molar-refractivity contribution in [2.75, 3.05) is 0 Å². The number of pyridine rings is 1. The number of hydrogen-bond acceptors (Lipinski definition) is 5. The molecule has 1 amide bonds. The van der Waals surface area contributed by atoms with Crippen molar-refractivity contribution >= 4 is 40.1 Å². The fourth-order valence-electron chi connectivity index (χ4n) is 2.90. The van der Waals surface area contributed by atoms with E-state index in [0.29, 0.717) is 16.5 Å². The lowest BCUT2D eigenvalue weighted by atomic mass is 10.0. The molecule has 0 aliphatic rings. The number of benzene rings is 2. The van der Waals surface area contributed by atoms with Crippen LogP contribution < -0.4 is 10.9 Å². The van der Waals surface area contributed by atoms with Crippen LogP contribution in [0.25, 0.3) is 10.9 Å². The molecule has 9 nitrogen and oxygen atoms in total. The van der Waals surface area contributed by atoms with Gasteiger partial charge in [-0.05, 0) is 23.8 Å². The number of carbonyl (C=O) groups is 2. The number of H-pyrrole nitrogens is 1. The predicted octanol–water partition coefficient (Wildman–Crippen LogP) is 2.52. The Labute approximate surface area is 168 Å². The molecule has 0 saturated carbocycles. The van der Waals surface area contributed by atoms with Crippen LogP contribution in [0.3, 0.4) is 0 Å². The average molecular weight is 416 g/mol. The highest BCUT2D eigenvalue weighted by Gasteiger charge is 2.24. The summed E-state index contributed by atoms with van der Waals surface area (Å²) >= 11 is 5.73. The number of hydrogen-bond donors (Lipinski definition) is 3. The van der Waals surface area contributed by atoms with Crippen molar-refractivity contribution in [2.24, 2.45) is 0 Å². The molecule has 3 aromatic rings. The van der Waals surface area contributed by atoms with Gasteiger partial charge in [-0.15, -0.1) is 0 Å². The van der Waals surface area contributed by atoms with Crippen LogP contribution in [0.2, 0.25) is 5.02 Å². The zero-order valence-corrected chi connectivity index (χ0v) is 15.5. The third-order valence-corrected chi connectivity index (χ3v) is 4.59. The van der Waals surface area contributed by atoms with Crippen molar-refractivity contribution in [3.05, 3.63) is 85.1 Å². The summed E-state index contributed by atoms with van der Waals surface area (Å²) in [4.78, 5) is 48.9. The number of carboxylic acid groups (broad SMARTS) is 1. The maximum Gasteiger partial charge on any atom is 0.326 e. The lowest BCUT2D eigenvalue weighted by Gasteiger charge is -2.16. The summed E-state index contributed by atoms with van der Waals surface area (Å²) < 4.78 is 0. The summed E-state index contributed by atoms with van der Waals surface area (Å²) in [6.07, 6.45) is -0.152. The predicted molar refractivity (Wildman–Crippen MR) is 105 cm³/mol. The molecule has 0 bridgehead atoms. The highest BCUT2D eigenvalue weighted by molar-refractivity contribution is 6.32. The molecule has 1 aromatic heterocycles. The maximum atomic E-state index is 12.5. The highest BCUT2D eigenvalue weighted by Crippen LogP contribution is 2.25. The number of carbonyl (C=O) groups excluding carboxylic acids is 1. The summed E-state index contributed by atoms with van der Waals surface area (Å²) in [6.45, 7) is 0. The van der Waals surface area contributed by atoms with E-state index < -0.39 is 34.1 Å². The molecule has 1 heterocycles. The fraction of sp³-hybridized carbons (Fsp3) is 0.105. The number of halogens is 1. The van der Waals surface area contributed by atoms with Gasteiger partial charge in [-0.2, -0.15) is 0 Å². The second kappa shape index (κ2) is 8.11. The third-order valence-electron chi connectivity index (χ3n) is 4.27. The van der Waals surface area contributed by atoms with E-state index in [1.165, 1.54) is 18.2 Å². The van der Waals surface area contributed by atoms with Crippen LogP contribution in [-0.4, -0.2) is 32.9 Å². The van der Waals surface area contributed by atoms with Gasteiger partial charge < -0.3 is 15.4 Å². The van der Waals surface area contributed by atoms with Crippen molar-refractivity contribution in [3.63, 3.8) is 0 Å². The number of fused-ring (bicyclic) bond motifs is 1. The number of nitrogens with one attached hydrogen (secondary N) is 2. The molecule has 0 fully saturated rings. The van der Waals surface area contributed by atoms with E-state index in [2.05, 4.69) is 10.3 Å². The number of carboxylic acids is 1. The van der Waals surface area contributed by atoms with E-state index in [0.717, 1.165) is 6.07 Å². The van der Waals surface area contributed by atoms with Crippen LogP contribution >= 0.6 is 11.6 Å². The van der Waals surface area contributed by atoms with Crippen LogP contribution in [-0.2, 0) is 11.2 Å². The van der Waals surface area contributed by atoms with Gasteiger partial charge in [-0.3, -0.25) is 19.7 Å². The second-order valence-electron chi connectivity index (χ2n) is 6.20. The van der Waals surface area contributed by atoms with Crippen molar-refractivity contribution < 1.29 is 19.6 Å². The number of rotatable bonds is 6. The standard InChI is InChI=1S/C19H14ClN3O6/c20-13-6-5-10(8-16(13)23(28)29)18(25)22-15(19(26)27)7-11-9-17(24)21-14-4-2-1-3-12(11)14/h1-6,8-9,15H,7H2,(H,21,24)(H,22,25)(H,26,27). The Balaban J connectivity index is 1.90. The lowest BCUT2D eigenvalue weighted by molar-refractivity contribution is -0.384. The first-order valence-electron chi connectivity index (χ1n) is 8.35. The van der Waals surface area contributed by atoms with Gasteiger partial charge in [-0.25, -0.2) is 4.79 Å². The number of nitro groups is 1. The molecular weight excluding hydrogens is 402 g/mol. The van der Waals surface area contributed by atoms with Gasteiger partial charge in [0.05, 0.1) is 4.92 Å². The van der Waals surface area contributed by atoms with Gasteiger partial charge in [-0.1, -0.05) is 29.8 Å². The van der Waals surface area contributed by atoms with Crippen LogP contribution in [0.15, 0.2) is 53.3 Å². The summed E-state index contributed by atoms with van der Waals surface area (Å²) in [5.41, 5.74) is 0.00955. The number of nitro benzene ring substituents is 1. The molecule has 3 rings (SSSR count). The number of aliphatic carboxylic acids is 1. The van der Waals surface area contributed by atoms with Crippen molar-refractivity contribution in [1.29, 1.82) is 0 Å². The molecule has 3 N–H and O–H groups in total. The molecule has 29 heavy (non-hydrogen) atoms. The Kier molecular flexibility index (Phi) is 5.60. The first-order chi connectivity index (χ1) is 13.8. The molecule has 0 spiro atoms. The first kappa shape index (κ1) is 20.0. The van der Waals surface area contributed by atoms with E-state index in [9.17, 15) is 29.6 Å². The molecule has 1 unspecified atom stereocenters. The number of para-hydroxylation sites is 1. The van der Waals surface area contributed by atoms with Gasteiger partial charge >= 0.3 is 5.97 Å². The van der Waals surface area contributed by atoms with E-state index in [-0.39, 0.29) is 17.0 Å². The number of amides is 1. The minimum Gasteiger partial charge on any atom is -0.480 e. The number of nitrogens with zero attached hydrogens (tertiary/aromatic N) is 1. The van der Waals surface area contributed by atoms with Crippen molar-refractivity contribution in [3.8, 4) is 0 Å². The van der Waals surface area contributed by atoms with Gasteiger partial charge in [0.1, 0.15) is 11.1 Å². The molecule has 0 saturated heterocycles. The lowest BCUT2D eigenvalue weighted by Crippen LogP contribution is -2.42.